The van der Waals surface area contributed by atoms with Crippen molar-refractivity contribution in [1.82, 2.24) is 5.32 Å². The SMILES string of the molecule is C=CC(=O)Nc1ccc2c(c1)OCCOCCNCCOCCO2. The lowest BCUT2D eigenvalue weighted by atomic mass is 10.2. The number of rotatable bonds is 2. The van der Waals surface area contributed by atoms with Gasteiger partial charge >= 0.3 is 0 Å². The second kappa shape index (κ2) is 10.6. The summed E-state index contributed by atoms with van der Waals surface area (Å²) in [5.41, 5.74) is 0.613. The van der Waals surface area contributed by atoms with Gasteiger partial charge in [-0.15, -0.1) is 0 Å². The number of fused-ring (bicyclic) bond motifs is 1. The number of nitrogens with one attached hydrogen (secondary N) is 2. The van der Waals surface area contributed by atoms with Crippen LogP contribution in [-0.4, -0.2) is 58.6 Å². The predicted molar refractivity (Wildman–Crippen MR) is 90.8 cm³/mol. The normalized spacial score (nSPS) is 17.2. The molecule has 0 fully saturated rings. The highest BCUT2D eigenvalue weighted by Gasteiger charge is 2.09. The van der Waals surface area contributed by atoms with Gasteiger partial charge < -0.3 is 29.6 Å². The molecule has 0 bridgehead atoms. The quantitative estimate of drug-likeness (QED) is 0.791. The van der Waals surface area contributed by atoms with E-state index in [1.165, 1.54) is 6.08 Å². The molecule has 1 aromatic carbocycles. The molecule has 0 saturated heterocycles. The first kappa shape index (κ1) is 18.3. The van der Waals surface area contributed by atoms with Crippen LogP contribution in [0.3, 0.4) is 0 Å². The summed E-state index contributed by atoms with van der Waals surface area (Å²) >= 11 is 0. The maximum absolute atomic E-state index is 11.4. The first-order valence-corrected chi connectivity index (χ1v) is 7.99. The number of anilines is 1. The Morgan fingerprint density at radius 3 is 2.33 bits per heavy atom. The van der Waals surface area contributed by atoms with E-state index in [4.69, 9.17) is 18.9 Å². The van der Waals surface area contributed by atoms with Crippen LogP contribution < -0.4 is 20.1 Å². The van der Waals surface area contributed by atoms with E-state index in [1.54, 1.807) is 18.2 Å². The summed E-state index contributed by atoms with van der Waals surface area (Å²) < 4.78 is 22.4. The minimum absolute atomic E-state index is 0.280. The van der Waals surface area contributed by atoms with E-state index in [9.17, 15) is 4.79 Å². The minimum atomic E-state index is -0.280. The van der Waals surface area contributed by atoms with Crippen molar-refractivity contribution >= 4 is 11.6 Å². The second-order valence-electron chi connectivity index (χ2n) is 5.03. The van der Waals surface area contributed by atoms with Gasteiger partial charge in [0.05, 0.1) is 26.4 Å². The zero-order valence-electron chi connectivity index (χ0n) is 13.7. The van der Waals surface area contributed by atoms with Gasteiger partial charge in [0.15, 0.2) is 11.5 Å². The Hall–Kier alpha value is -2.09. The van der Waals surface area contributed by atoms with Gasteiger partial charge in [-0.2, -0.15) is 0 Å². The number of benzene rings is 1. The van der Waals surface area contributed by atoms with Gasteiger partial charge in [-0.25, -0.2) is 0 Å². The third-order valence-electron chi connectivity index (χ3n) is 3.21. The van der Waals surface area contributed by atoms with E-state index in [0.717, 1.165) is 13.1 Å². The second-order valence-corrected chi connectivity index (χ2v) is 5.03. The van der Waals surface area contributed by atoms with Crippen LogP contribution in [-0.2, 0) is 14.3 Å². The van der Waals surface area contributed by atoms with Crippen molar-refractivity contribution in [3.63, 3.8) is 0 Å². The van der Waals surface area contributed by atoms with Crippen molar-refractivity contribution in [1.29, 1.82) is 0 Å². The van der Waals surface area contributed by atoms with Crippen LogP contribution in [0.5, 0.6) is 11.5 Å². The maximum atomic E-state index is 11.4. The number of hydrogen-bond acceptors (Lipinski definition) is 6. The summed E-state index contributed by atoms with van der Waals surface area (Å²) in [6.07, 6.45) is 1.21. The Bertz CT molecular complexity index is 536. The molecule has 24 heavy (non-hydrogen) atoms. The molecule has 0 saturated carbocycles. The topological polar surface area (TPSA) is 78.1 Å². The van der Waals surface area contributed by atoms with Gasteiger partial charge in [-0.05, 0) is 18.2 Å². The lowest BCUT2D eigenvalue weighted by Crippen LogP contribution is -2.25. The van der Waals surface area contributed by atoms with Crippen molar-refractivity contribution in [3.05, 3.63) is 30.9 Å². The van der Waals surface area contributed by atoms with Crippen LogP contribution in [0.4, 0.5) is 5.69 Å². The zero-order valence-corrected chi connectivity index (χ0v) is 13.7. The summed E-state index contributed by atoms with van der Waals surface area (Å²) in [5.74, 6) is 0.869. The maximum Gasteiger partial charge on any atom is 0.247 e. The fourth-order valence-corrected chi connectivity index (χ4v) is 2.05. The van der Waals surface area contributed by atoms with Gasteiger partial charge in [0, 0.05) is 24.8 Å². The molecular weight excluding hydrogens is 312 g/mol. The molecule has 0 radical (unpaired) electrons. The van der Waals surface area contributed by atoms with Crippen LogP contribution in [0, 0.1) is 0 Å². The van der Waals surface area contributed by atoms with E-state index >= 15 is 0 Å². The van der Waals surface area contributed by atoms with E-state index in [1.807, 2.05) is 0 Å². The molecule has 0 aromatic heterocycles. The summed E-state index contributed by atoms with van der Waals surface area (Å²) in [6.45, 7) is 8.01. The van der Waals surface area contributed by atoms with Gasteiger partial charge in [0.2, 0.25) is 5.91 Å². The largest absolute Gasteiger partial charge is 0.487 e. The molecule has 1 amide bonds. The summed E-state index contributed by atoms with van der Waals surface area (Å²) in [6, 6.07) is 5.23. The predicted octanol–water partition coefficient (Wildman–Crippen LogP) is 1.21. The molecule has 2 rings (SSSR count). The Kier molecular flexibility index (Phi) is 8.09. The van der Waals surface area contributed by atoms with Gasteiger partial charge in [-0.3, -0.25) is 4.79 Å². The van der Waals surface area contributed by atoms with Crippen molar-refractivity contribution in [3.8, 4) is 11.5 Å². The smallest absolute Gasteiger partial charge is 0.247 e. The molecule has 7 heteroatoms. The highest BCUT2D eigenvalue weighted by Crippen LogP contribution is 2.30. The van der Waals surface area contributed by atoms with Crippen LogP contribution in [0.1, 0.15) is 0 Å². The molecule has 1 aromatic rings. The van der Waals surface area contributed by atoms with Crippen LogP contribution in [0.25, 0.3) is 0 Å². The van der Waals surface area contributed by atoms with Crippen molar-refractivity contribution in [2.24, 2.45) is 0 Å². The fraction of sp³-hybridized carbons (Fsp3) is 0.471. The molecule has 2 N–H and O–H groups in total. The van der Waals surface area contributed by atoms with Gasteiger partial charge in [-0.1, -0.05) is 6.58 Å². The standard InChI is InChI=1S/C17H24N2O5/c1-2-17(20)19-14-3-4-15-16(13-14)24-12-10-22-8-6-18-5-7-21-9-11-23-15/h2-4,13,18H,1,5-12H2,(H,19,20). The Balaban J connectivity index is 2.02. The summed E-state index contributed by atoms with van der Waals surface area (Å²) in [4.78, 5) is 11.4. The average molecular weight is 336 g/mol. The summed E-state index contributed by atoms with van der Waals surface area (Å²) in [5, 5.41) is 5.92. The van der Waals surface area contributed by atoms with Gasteiger partial charge in [0.25, 0.3) is 0 Å². The van der Waals surface area contributed by atoms with Crippen molar-refractivity contribution < 1.29 is 23.7 Å². The van der Waals surface area contributed by atoms with Crippen LogP contribution >= 0.6 is 0 Å². The van der Waals surface area contributed by atoms with Crippen LogP contribution in [0.2, 0.25) is 0 Å². The van der Waals surface area contributed by atoms with E-state index in [2.05, 4.69) is 17.2 Å². The van der Waals surface area contributed by atoms with Crippen molar-refractivity contribution in [2.75, 3.05) is 58.0 Å². The first-order valence-electron chi connectivity index (χ1n) is 7.99. The Morgan fingerprint density at radius 2 is 1.67 bits per heavy atom. The zero-order chi connectivity index (χ0) is 17.0. The van der Waals surface area contributed by atoms with Crippen LogP contribution in [0.15, 0.2) is 30.9 Å². The average Bonchev–Trinajstić information content (AvgIpc) is 2.60. The third-order valence-corrected chi connectivity index (χ3v) is 3.21. The Morgan fingerprint density at radius 1 is 1.00 bits per heavy atom. The highest BCUT2D eigenvalue weighted by atomic mass is 16.6. The number of carbonyl (C=O) groups excluding carboxylic acids is 1. The lowest BCUT2D eigenvalue weighted by Gasteiger charge is -2.14. The van der Waals surface area contributed by atoms with Crippen molar-refractivity contribution in [2.45, 2.75) is 0 Å². The molecule has 0 aliphatic carbocycles. The molecule has 1 aliphatic heterocycles. The number of hydrogen-bond donors (Lipinski definition) is 2. The Labute approximate surface area is 141 Å². The molecule has 0 spiro atoms. The molecule has 0 atom stereocenters. The molecule has 7 nitrogen and oxygen atoms in total. The van der Waals surface area contributed by atoms with E-state index in [0.29, 0.717) is 56.8 Å². The van der Waals surface area contributed by atoms with E-state index < -0.39 is 0 Å². The monoisotopic (exact) mass is 336 g/mol. The molecule has 0 unspecified atom stereocenters. The van der Waals surface area contributed by atoms with Gasteiger partial charge in [0.1, 0.15) is 13.2 Å². The highest BCUT2D eigenvalue weighted by molar-refractivity contribution is 5.99. The number of carbonyl (C=O) groups is 1. The third kappa shape index (κ3) is 6.57. The molecule has 1 aliphatic rings. The lowest BCUT2D eigenvalue weighted by molar-refractivity contribution is -0.111. The molecule has 132 valence electrons. The minimum Gasteiger partial charge on any atom is -0.487 e. The van der Waals surface area contributed by atoms with E-state index in [-0.39, 0.29) is 5.91 Å². The summed E-state index contributed by atoms with van der Waals surface area (Å²) in [7, 11) is 0. The number of amides is 1. The molecule has 1 heterocycles. The molecular formula is C17H24N2O5. The number of ether oxygens (including phenoxy) is 4. The first-order chi connectivity index (χ1) is 11.8. The fourth-order valence-electron chi connectivity index (χ4n) is 2.05.